The Kier molecular flexibility index (Phi) is 5.62. The predicted molar refractivity (Wildman–Crippen MR) is 89.3 cm³/mol. The topological polar surface area (TPSA) is 48.1 Å². The molecular formula is C16H21ClN2OS. The average molecular weight is 325 g/mol. The molecule has 1 unspecified atom stereocenters. The van der Waals surface area contributed by atoms with Crippen LogP contribution in [-0.2, 0) is 13.0 Å². The highest BCUT2D eigenvalue weighted by molar-refractivity contribution is 7.09. The number of hydrogen-bond donors (Lipinski definition) is 1. The zero-order valence-electron chi connectivity index (χ0n) is 12.6. The maximum atomic E-state index is 6.25. The standard InChI is InChI=1S/C16H21ClN2OS/c1-10(2)16-19-12(9-21-16)8-20-15-6-4-5-14(17)13(15)7-11(3)18/h4-6,9-11H,7-8,18H2,1-3H3. The number of hydrogen-bond acceptors (Lipinski definition) is 4. The Labute approximate surface area is 135 Å². The highest BCUT2D eigenvalue weighted by Crippen LogP contribution is 2.28. The number of nitrogens with two attached hydrogens (primary N) is 1. The Morgan fingerprint density at radius 1 is 1.33 bits per heavy atom. The van der Waals surface area contributed by atoms with Crippen LogP contribution in [0, 0.1) is 0 Å². The van der Waals surface area contributed by atoms with Gasteiger partial charge in [0.1, 0.15) is 12.4 Å². The third-order valence-electron chi connectivity index (χ3n) is 3.04. The molecule has 0 aliphatic heterocycles. The van der Waals surface area contributed by atoms with Crippen LogP contribution in [0.4, 0.5) is 0 Å². The highest BCUT2D eigenvalue weighted by atomic mass is 35.5. The molecule has 2 rings (SSSR count). The quantitative estimate of drug-likeness (QED) is 0.857. The minimum Gasteiger partial charge on any atom is -0.487 e. The fraction of sp³-hybridized carbons (Fsp3) is 0.438. The molecule has 0 radical (unpaired) electrons. The summed E-state index contributed by atoms with van der Waals surface area (Å²) in [6, 6.07) is 5.73. The van der Waals surface area contributed by atoms with E-state index in [2.05, 4.69) is 18.8 Å². The van der Waals surface area contributed by atoms with Gasteiger partial charge in [0.15, 0.2) is 0 Å². The second-order valence-corrected chi connectivity index (χ2v) is 6.82. The Morgan fingerprint density at radius 3 is 2.71 bits per heavy atom. The van der Waals surface area contributed by atoms with E-state index in [0.717, 1.165) is 22.0 Å². The summed E-state index contributed by atoms with van der Waals surface area (Å²) in [6.07, 6.45) is 0.698. The first-order chi connectivity index (χ1) is 9.97. The normalized spacial score (nSPS) is 12.7. The van der Waals surface area contributed by atoms with Crippen LogP contribution in [0.2, 0.25) is 5.02 Å². The summed E-state index contributed by atoms with van der Waals surface area (Å²) >= 11 is 7.93. The summed E-state index contributed by atoms with van der Waals surface area (Å²) in [6.45, 7) is 6.69. The summed E-state index contributed by atoms with van der Waals surface area (Å²) in [5, 5.41) is 3.88. The van der Waals surface area contributed by atoms with Gasteiger partial charge < -0.3 is 10.5 Å². The average Bonchev–Trinajstić information content (AvgIpc) is 2.88. The zero-order chi connectivity index (χ0) is 15.4. The Bertz CT molecular complexity index is 596. The lowest BCUT2D eigenvalue weighted by Gasteiger charge is -2.14. The van der Waals surface area contributed by atoms with E-state index in [1.807, 2.05) is 30.5 Å². The molecule has 0 saturated carbocycles. The predicted octanol–water partition coefficient (Wildman–Crippen LogP) is 4.39. The summed E-state index contributed by atoms with van der Waals surface area (Å²) in [7, 11) is 0. The molecule has 2 N–H and O–H groups in total. The number of ether oxygens (including phenoxy) is 1. The van der Waals surface area contributed by atoms with Crippen LogP contribution in [-0.4, -0.2) is 11.0 Å². The number of benzene rings is 1. The third-order valence-corrected chi connectivity index (χ3v) is 4.59. The largest absolute Gasteiger partial charge is 0.487 e. The number of halogens is 1. The maximum Gasteiger partial charge on any atom is 0.131 e. The Hall–Kier alpha value is -1.10. The van der Waals surface area contributed by atoms with Gasteiger partial charge in [0.25, 0.3) is 0 Å². The fourth-order valence-corrected chi connectivity index (χ4v) is 3.06. The van der Waals surface area contributed by atoms with Crippen molar-refractivity contribution in [2.24, 2.45) is 5.73 Å². The molecule has 0 saturated heterocycles. The molecule has 0 aliphatic carbocycles. The molecule has 1 heterocycles. The molecule has 0 amide bonds. The van der Waals surface area contributed by atoms with Crippen molar-refractivity contribution < 1.29 is 4.74 Å². The molecular weight excluding hydrogens is 304 g/mol. The smallest absolute Gasteiger partial charge is 0.131 e. The molecule has 1 aromatic heterocycles. The van der Waals surface area contributed by atoms with E-state index in [-0.39, 0.29) is 6.04 Å². The van der Waals surface area contributed by atoms with Gasteiger partial charge in [0.2, 0.25) is 0 Å². The van der Waals surface area contributed by atoms with E-state index < -0.39 is 0 Å². The second-order valence-electron chi connectivity index (χ2n) is 5.52. The number of aromatic nitrogens is 1. The zero-order valence-corrected chi connectivity index (χ0v) is 14.2. The van der Waals surface area contributed by atoms with E-state index in [9.17, 15) is 0 Å². The van der Waals surface area contributed by atoms with E-state index in [4.69, 9.17) is 22.1 Å². The van der Waals surface area contributed by atoms with Crippen molar-refractivity contribution in [2.75, 3.05) is 0 Å². The van der Waals surface area contributed by atoms with Gasteiger partial charge in [-0.1, -0.05) is 31.5 Å². The van der Waals surface area contributed by atoms with Crippen molar-refractivity contribution in [3.63, 3.8) is 0 Å². The molecule has 1 aromatic carbocycles. The molecule has 3 nitrogen and oxygen atoms in total. The van der Waals surface area contributed by atoms with Crippen LogP contribution in [0.3, 0.4) is 0 Å². The van der Waals surface area contributed by atoms with Gasteiger partial charge in [-0.2, -0.15) is 0 Å². The lowest BCUT2D eigenvalue weighted by molar-refractivity contribution is 0.298. The highest BCUT2D eigenvalue weighted by Gasteiger charge is 2.12. The van der Waals surface area contributed by atoms with E-state index in [1.165, 1.54) is 0 Å². The number of rotatable bonds is 6. The van der Waals surface area contributed by atoms with Gasteiger partial charge in [0, 0.05) is 27.9 Å². The summed E-state index contributed by atoms with van der Waals surface area (Å²) in [4.78, 5) is 4.57. The monoisotopic (exact) mass is 324 g/mol. The van der Waals surface area contributed by atoms with E-state index >= 15 is 0 Å². The molecule has 114 valence electrons. The first kappa shape index (κ1) is 16.3. The molecule has 21 heavy (non-hydrogen) atoms. The van der Waals surface area contributed by atoms with Crippen molar-refractivity contribution in [3.8, 4) is 5.75 Å². The van der Waals surface area contributed by atoms with Crippen LogP contribution in [0.15, 0.2) is 23.6 Å². The summed E-state index contributed by atoms with van der Waals surface area (Å²) in [5.74, 6) is 1.24. The van der Waals surface area contributed by atoms with Gasteiger partial charge in [0.05, 0.1) is 10.7 Å². The first-order valence-electron chi connectivity index (χ1n) is 7.07. The maximum absolute atomic E-state index is 6.25. The molecule has 5 heteroatoms. The van der Waals surface area contributed by atoms with Crippen LogP contribution >= 0.6 is 22.9 Å². The molecule has 0 bridgehead atoms. The number of thiazole rings is 1. The molecule has 1 atom stereocenters. The van der Waals surface area contributed by atoms with Gasteiger partial charge >= 0.3 is 0 Å². The second kappa shape index (κ2) is 7.25. The van der Waals surface area contributed by atoms with Crippen molar-refractivity contribution in [1.29, 1.82) is 0 Å². The van der Waals surface area contributed by atoms with Crippen LogP contribution in [0.5, 0.6) is 5.75 Å². The van der Waals surface area contributed by atoms with Gasteiger partial charge in [-0.05, 0) is 25.5 Å². The van der Waals surface area contributed by atoms with Crippen molar-refractivity contribution in [2.45, 2.75) is 45.8 Å². The molecule has 2 aromatic rings. The van der Waals surface area contributed by atoms with Crippen LogP contribution in [0.1, 0.15) is 43.0 Å². The van der Waals surface area contributed by atoms with Crippen molar-refractivity contribution >= 4 is 22.9 Å². The molecule has 0 fully saturated rings. The summed E-state index contributed by atoms with van der Waals surface area (Å²) in [5.41, 5.74) is 7.80. The van der Waals surface area contributed by atoms with Gasteiger partial charge in [-0.3, -0.25) is 0 Å². The Balaban J connectivity index is 2.10. The SMILES string of the molecule is CC(N)Cc1c(Cl)cccc1OCc1csc(C(C)C)n1. The van der Waals surface area contributed by atoms with Crippen LogP contribution in [0.25, 0.3) is 0 Å². The fourth-order valence-electron chi connectivity index (χ4n) is 2.00. The van der Waals surface area contributed by atoms with Crippen molar-refractivity contribution in [3.05, 3.63) is 44.9 Å². The van der Waals surface area contributed by atoms with E-state index in [0.29, 0.717) is 24.0 Å². The minimum absolute atomic E-state index is 0.0408. The Morgan fingerprint density at radius 2 is 2.10 bits per heavy atom. The third kappa shape index (κ3) is 4.43. The first-order valence-corrected chi connectivity index (χ1v) is 8.33. The van der Waals surface area contributed by atoms with E-state index in [1.54, 1.807) is 11.3 Å². The lowest BCUT2D eigenvalue weighted by atomic mass is 10.1. The summed E-state index contributed by atoms with van der Waals surface area (Å²) < 4.78 is 5.90. The van der Waals surface area contributed by atoms with Crippen molar-refractivity contribution in [1.82, 2.24) is 4.98 Å². The number of nitrogens with zero attached hydrogens (tertiary/aromatic N) is 1. The molecule has 0 spiro atoms. The van der Waals surface area contributed by atoms with Crippen LogP contribution < -0.4 is 10.5 Å². The van der Waals surface area contributed by atoms with Gasteiger partial charge in [-0.15, -0.1) is 11.3 Å². The lowest BCUT2D eigenvalue weighted by Crippen LogP contribution is -2.18. The van der Waals surface area contributed by atoms with Gasteiger partial charge in [-0.25, -0.2) is 4.98 Å². The minimum atomic E-state index is 0.0408. The molecule has 0 aliphatic rings.